The summed E-state index contributed by atoms with van der Waals surface area (Å²) in [5, 5.41) is 4.04. The maximum absolute atomic E-state index is 11.7. The van der Waals surface area contributed by atoms with Crippen LogP contribution < -0.4 is 5.32 Å². The molecule has 1 aliphatic rings. The first-order valence-corrected chi connectivity index (χ1v) is 9.12. The molecule has 1 atom stereocenters. The van der Waals surface area contributed by atoms with Gasteiger partial charge in [0.15, 0.2) is 9.84 Å². The van der Waals surface area contributed by atoms with Crippen molar-refractivity contribution in [2.75, 3.05) is 12.3 Å². The van der Waals surface area contributed by atoms with Crippen molar-refractivity contribution in [2.24, 2.45) is 5.92 Å². The van der Waals surface area contributed by atoms with Gasteiger partial charge in [0.2, 0.25) is 5.91 Å². The molecule has 1 amide bonds. The third kappa shape index (κ3) is 4.42. The molecule has 1 aromatic rings. The van der Waals surface area contributed by atoms with Gasteiger partial charge in [0.1, 0.15) is 0 Å². The number of carbonyl (C=O) groups is 1. The quantitative estimate of drug-likeness (QED) is 0.806. The molecule has 0 fully saturated rings. The average molecular weight is 314 g/mol. The standard InChI is InChI=1S/C13H18N2O3S2/c1-10-12(19-9-15-10)3-2-5-14-13(16)7-11-4-6-20(17,18)8-11/h4,6,9,11H,2-3,5,7-8H2,1H3,(H,14,16)/t11-/m1/s1. The van der Waals surface area contributed by atoms with Gasteiger partial charge in [0, 0.05) is 29.2 Å². The smallest absolute Gasteiger partial charge is 0.220 e. The van der Waals surface area contributed by atoms with Crippen molar-refractivity contribution in [3.63, 3.8) is 0 Å². The Bertz CT molecular complexity index is 605. The Hall–Kier alpha value is -1.21. The summed E-state index contributed by atoms with van der Waals surface area (Å²) in [6.07, 6.45) is 3.63. The number of hydrogen-bond donors (Lipinski definition) is 1. The molecule has 5 nitrogen and oxygen atoms in total. The number of nitrogens with one attached hydrogen (secondary N) is 1. The number of sulfone groups is 1. The number of thiazole rings is 1. The zero-order valence-electron chi connectivity index (χ0n) is 11.3. The molecule has 0 radical (unpaired) electrons. The Morgan fingerprint density at radius 3 is 2.95 bits per heavy atom. The van der Waals surface area contributed by atoms with Crippen LogP contribution in [0.1, 0.15) is 23.4 Å². The first kappa shape index (κ1) is 15.2. The first-order chi connectivity index (χ1) is 9.46. The van der Waals surface area contributed by atoms with Crippen LogP contribution in [0.3, 0.4) is 0 Å². The second-order valence-electron chi connectivity index (χ2n) is 4.94. The number of nitrogens with zero attached hydrogens (tertiary/aromatic N) is 1. The SMILES string of the molecule is Cc1ncsc1CCCNC(=O)C[C@H]1C=CS(=O)(=O)C1. The Labute approximate surface area is 123 Å². The van der Waals surface area contributed by atoms with E-state index < -0.39 is 9.84 Å². The van der Waals surface area contributed by atoms with E-state index in [1.165, 1.54) is 10.3 Å². The average Bonchev–Trinajstić information content (AvgIpc) is 2.91. The van der Waals surface area contributed by atoms with E-state index in [9.17, 15) is 13.2 Å². The molecule has 2 heterocycles. The van der Waals surface area contributed by atoms with Crippen molar-refractivity contribution in [3.8, 4) is 0 Å². The largest absolute Gasteiger partial charge is 0.356 e. The van der Waals surface area contributed by atoms with Gasteiger partial charge in [0.05, 0.1) is 17.0 Å². The van der Waals surface area contributed by atoms with Crippen LogP contribution in [-0.2, 0) is 21.1 Å². The number of amides is 1. The third-order valence-corrected chi connectivity index (χ3v) is 5.66. The van der Waals surface area contributed by atoms with Gasteiger partial charge in [-0.05, 0) is 19.8 Å². The predicted octanol–water partition coefficient (Wildman–Crippen LogP) is 1.45. The van der Waals surface area contributed by atoms with E-state index >= 15 is 0 Å². The van der Waals surface area contributed by atoms with Gasteiger partial charge in [-0.2, -0.15) is 0 Å². The minimum absolute atomic E-state index is 0.0560. The number of allylic oxidation sites excluding steroid dienone is 1. The van der Waals surface area contributed by atoms with Crippen LogP contribution in [0.15, 0.2) is 17.0 Å². The molecule has 110 valence electrons. The van der Waals surface area contributed by atoms with E-state index in [1.54, 1.807) is 17.4 Å². The molecule has 0 unspecified atom stereocenters. The lowest BCUT2D eigenvalue weighted by atomic mass is 10.1. The normalized spacial score (nSPS) is 20.1. The topological polar surface area (TPSA) is 76.1 Å². The Morgan fingerprint density at radius 1 is 1.55 bits per heavy atom. The number of aryl methyl sites for hydroxylation is 2. The van der Waals surface area contributed by atoms with Gasteiger partial charge in [-0.3, -0.25) is 4.79 Å². The van der Waals surface area contributed by atoms with Crippen LogP contribution in [0.5, 0.6) is 0 Å². The van der Waals surface area contributed by atoms with Crippen molar-refractivity contribution in [2.45, 2.75) is 26.2 Å². The second kappa shape index (κ2) is 6.49. The Balaban J connectivity index is 1.64. The molecule has 7 heteroatoms. The minimum atomic E-state index is -3.07. The third-order valence-electron chi connectivity index (χ3n) is 3.20. The lowest BCUT2D eigenvalue weighted by Gasteiger charge is -2.08. The van der Waals surface area contributed by atoms with Crippen molar-refractivity contribution in [3.05, 3.63) is 27.6 Å². The van der Waals surface area contributed by atoms with Gasteiger partial charge in [0.25, 0.3) is 0 Å². The number of rotatable bonds is 6. The van der Waals surface area contributed by atoms with Crippen LogP contribution in [0.2, 0.25) is 0 Å². The summed E-state index contributed by atoms with van der Waals surface area (Å²) in [7, 11) is -3.07. The van der Waals surface area contributed by atoms with Gasteiger partial charge in [-0.15, -0.1) is 11.3 Å². The van der Waals surface area contributed by atoms with Gasteiger partial charge >= 0.3 is 0 Å². The Kier molecular flexibility index (Phi) is 4.93. The zero-order valence-corrected chi connectivity index (χ0v) is 13.0. The van der Waals surface area contributed by atoms with Crippen LogP contribution in [0.25, 0.3) is 0 Å². The summed E-state index contributed by atoms with van der Waals surface area (Å²) in [5.41, 5.74) is 2.89. The summed E-state index contributed by atoms with van der Waals surface area (Å²) in [5.74, 6) is -0.206. The zero-order chi connectivity index (χ0) is 14.6. The highest BCUT2D eigenvalue weighted by molar-refractivity contribution is 7.94. The lowest BCUT2D eigenvalue weighted by molar-refractivity contribution is -0.121. The van der Waals surface area contributed by atoms with E-state index in [-0.39, 0.29) is 24.0 Å². The molecule has 20 heavy (non-hydrogen) atoms. The molecule has 1 aliphatic heterocycles. The summed E-state index contributed by atoms with van der Waals surface area (Å²) in [4.78, 5) is 17.1. The molecule has 1 N–H and O–H groups in total. The van der Waals surface area contributed by atoms with Crippen LogP contribution >= 0.6 is 11.3 Å². The molecule has 0 spiro atoms. The summed E-state index contributed by atoms with van der Waals surface area (Å²) < 4.78 is 22.4. The van der Waals surface area contributed by atoms with Gasteiger partial charge in [-0.1, -0.05) is 6.08 Å². The fourth-order valence-corrected chi connectivity index (χ4v) is 4.34. The van der Waals surface area contributed by atoms with Crippen molar-refractivity contribution < 1.29 is 13.2 Å². The fourth-order valence-electron chi connectivity index (χ4n) is 2.12. The predicted molar refractivity (Wildman–Crippen MR) is 79.2 cm³/mol. The first-order valence-electron chi connectivity index (χ1n) is 6.53. The van der Waals surface area contributed by atoms with Crippen molar-refractivity contribution >= 4 is 27.1 Å². The van der Waals surface area contributed by atoms with Gasteiger partial charge in [-0.25, -0.2) is 13.4 Å². The second-order valence-corrected chi connectivity index (χ2v) is 7.81. The van der Waals surface area contributed by atoms with E-state index in [2.05, 4.69) is 10.3 Å². The molecule has 0 saturated heterocycles. The van der Waals surface area contributed by atoms with E-state index in [1.807, 2.05) is 12.4 Å². The highest BCUT2D eigenvalue weighted by atomic mass is 32.2. The molecule has 0 aliphatic carbocycles. The number of hydrogen-bond acceptors (Lipinski definition) is 5. The highest BCUT2D eigenvalue weighted by Crippen LogP contribution is 2.18. The fraction of sp³-hybridized carbons (Fsp3) is 0.538. The van der Waals surface area contributed by atoms with Gasteiger partial charge < -0.3 is 5.32 Å². The Morgan fingerprint density at radius 2 is 2.35 bits per heavy atom. The molecular weight excluding hydrogens is 296 g/mol. The summed E-state index contributed by atoms with van der Waals surface area (Å²) in [6, 6.07) is 0. The summed E-state index contributed by atoms with van der Waals surface area (Å²) in [6.45, 7) is 2.59. The van der Waals surface area contributed by atoms with Crippen LogP contribution in [0.4, 0.5) is 0 Å². The van der Waals surface area contributed by atoms with Crippen molar-refractivity contribution in [1.82, 2.24) is 10.3 Å². The minimum Gasteiger partial charge on any atom is -0.356 e. The molecule has 0 saturated carbocycles. The van der Waals surface area contributed by atoms with E-state index in [0.717, 1.165) is 18.5 Å². The number of carbonyl (C=O) groups excluding carboxylic acids is 1. The summed E-state index contributed by atoms with van der Waals surface area (Å²) >= 11 is 1.63. The van der Waals surface area contributed by atoms with Crippen LogP contribution in [0, 0.1) is 12.8 Å². The van der Waals surface area contributed by atoms with Crippen LogP contribution in [-0.4, -0.2) is 31.6 Å². The molecule has 0 bridgehead atoms. The molecule has 1 aromatic heterocycles. The van der Waals surface area contributed by atoms with E-state index in [4.69, 9.17) is 0 Å². The van der Waals surface area contributed by atoms with Crippen molar-refractivity contribution in [1.29, 1.82) is 0 Å². The lowest BCUT2D eigenvalue weighted by Crippen LogP contribution is -2.27. The monoisotopic (exact) mass is 314 g/mol. The maximum atomic E-state index is 11.7. The molecular formula is C13H18N2O3S2. The molecule has 0 aromatic carbocycles. The highest BCUT2D eigenvalue weighted by Gasteiger charge is 2.23. The number of aromatic nitrogens is 1. The maximum Gasteiger partial charge on any atom is 0.220 e. The molecule has 2 rings (SSSR count). The van der Waals surface area contributed by atoms with E-state index in [0.29, 0.717) is 6.54 Å².